The molecule has 9 heteroatoms. The van der Waals surface area contributed by atoms with Crippen molar-refractivity contribution in [2.75, 3.05) is 0 Å². The highest BCUT2D eigenvalue weighted by Crippen LogP contribution is 2.33. The van der Waals surface area contributed by atoms with E-state index in [1.54, 1.807) is 6.92 Å². The van der Waals surface area contributed by atoms with Gasteiger partial charge < -0.3 is 0 Å². The Kier molecular flexibility index (Phi) is 2.80. The quantitative estimate of drug-likeness (QED) is 0.482. The zero-order valence-electron chi connectivity index (χ0n) is 8.38. The number of halogens is 1. The van der Waals surface area contributed by atoms with Crippen LogP contribution in [-0.4, -0.2) is 18.3 Å². The van der Waals surface area contributed by atoms with Crippen molar-refractivity contribution >= 4 is 47.0 Å². The summed E-state index contributed by atoms with van der Waals surface area (Å²) in [5.74, 6) is 0. The first-order valence-corrected chi connectivity index (χ1v) is 7.42. The second-order valence-corrected chi connectivity index (χ2v) is 6.98. The molecule has 0 N–H and O–H groups in total. The average Bonchev–Trinajstić information content (AvgIpc) is 2.53. The van der Waals surface area contributed by atoms with E-state index in [4.69, 9.17) is 10.7 Å². The van der Waals surface area contributed by atoms with Crippen LogP contribution in [0.2, 0.25) is 0 Å². The molecule has 2 rings (SSSR count). The summed E-state index contributed by atoms with van der Waals surface area (Å²) in [4.78, 5) is 13.5. The standard InChI is InChI=1S/C8H5ClN2O4S2/c1-4-10-5-2-8(17(9,14)15)6(11(12)13)3-7(5)16-4/h2-3H,1H3. The van der Waals surface area contributed by atoms with Crippen LogP contribution in [0.25, 0.3) is 10.2 Å². The van der Waals surface area contributed by atoms with Crippen LogP contribution in [0.1, 0.15) is 5.01 Å². The number of hydrogen-bond acceptors (Lipinski definition) is 6. The number of nitro benzene ring substituents is 1. The zero-order valence-corrected chi connectivity index (χ0v) is 10.8. The van der Waals surface area contributed by atoms with Gasteiger partial charge >= 0.3 is 0 Å². The van der Waals surface area contributed by atoms with E-state index in [1.165, 1.54) is 17.4 Å². The molecular weight excluding hydrogens is 288 g/mol. The number of thiazole rings is 1. The van der Waals surface area contributed by atoms with Gasteiger partial charge in [-0.05, 0) is 13.0 Å². The molecule has 0 saturated carbocycles. The third-order valence-corrected chi connectivity index (χ3v) is 4.32. The van der Waals surface area contributed by atoms with Crippen LogP contribution in [0.15, 0.2) is 17.0 Å². The van der Waals surface area contributed by atoms with Crippen LogP contribution >= 0.6 is 22.0 Å². The van der Waals surface area contributed by atoms with Gasteiger partial charge in [-0.2, -0.15) is 0 Å². The Balaban J connectivity index is 2.89. The van der Waals surface area contributed by atoms with Crippen LogP contribution in [0, 0.1) is 17.0 Å². The molecule has 0 amide bonds. The van der Waals surface area contributed by atoms with Crippen molar-refractivity contribution in [3.05, 3.63) is 27.3 Å². The molecule has 0 aliphatic heterocycles. The van der Waals surface area contributed by atoms with E-state index in [2.05, 4.69) is 4.98 Å². The Hall–Kier alpha value is -1.25. The van der Waals surface area contributed by atoms with Crippen molar-refractivity contribution in [2.24, 2.45) is 0 Å². The van der Waals surface area contributed by atoms with Gasteiger partial charge in [0.05, 0.1) is 20.1 Å². The van der Waals surface area contributed by atoms with Gasteiger partial charge in [0, 0.05) is 16.7 Å². The Morgan fingerprint density at radius 2 is 2.12 bits per heavy atom. The summed E-state index contributed by atoms with van der Waals surface area (Å²) in [6, 6.07) is 2.30. The topological polar surface area (TPSA) is 90.2 Å². The maximum Gasteiger partial charge on any atom is 0.290 e. The van der Waals surface area contributed by atoms with Crippen molar-refractivity contribution < 1.29 is 13.3 Å². The van der Waals surface area contributed by atoms with Crippen LogP contribution < -0.4 is 0 Å². The highest BCUT2D eigenvalue weighted by atomic mass is 35.7. The molecule has 0 unspecified atom stereocenters. The molecule has 0 atom stereocenters. The van der Waals surface area contributed by atoms with Crippen molar-refractivity contribution in [2.45, 2.75) is 11.8 Å². The summed E-state index contributed by atoms with van der Waals surface area (Å²) in [6.07, 6.45) is 0. The van der Waals surface area contributed by atoms with E-state index >= 15 is 0 Å². The molecule has 17 heavy (non-hydrogen) atoms. The lowest BCUT2D eigenvalue weighted by atomic mass is 10.3. The monoisotopic (exact) mass is 292 g/mol. The summed E-state index contributed by atoms with van der Waals surface area (Å²) in [7, 11) is 0.993. The minimum absolute atomic E-state index is 0.386. The molecule has 1 heterocycles. The summed E-state index contributed by atoms with van der Waals surface area (Å²) < 4.78 is 23.0. The number of aryl methyl sites for hydroxylation is 1. The summed E-state index contributed by atoms with van der Waals surface area (Å²) in [5, 5.41) is 11.5. The first-order valence-electron chi connectivity index (χ1n) is 4.29. The van der Waals surface area contributed by atoms with Gasteiger partial charge in [0.1, 0.15) is 0 Å². The van der Waals surface area contributed by atoms with Gasteiger partial charge in [0.2, 0.25) is 0 Å². The number of fused-ring (bicyclic) bond motifs is 1. The molecule has 0 spiro atoms. The fourth-order valence-corrected chi connectivity index (χ4v) is 3.25. The number of nitrogens with zero attached hydrogens (tertiary/aromatic N) is 2. The van der Waals surface area contributed by atoms with Crippen LogP contribution in [-0.2, 0) is 9.05 Å². The van der Waals surface area contributed by atoms with Crippen molar-refractivity contribution in [3.63, 3.8) is 0 Å². The first kappa shape index (κ1) is 12.2. The lowest BCUT2D eigenvalue weighted by molar-refractivity contribution is -0.387. The predicted molar refractivity (Wildman–Crippen MR) is 64.1 cm³/mol. The molecule has 0 saturated heterocycles. The molecule has 1 aromatic heterocycles. The minimum Gasteiger partial charge on any atom is -0.258 e. The number of nitro groups is 1. The van der Waals surface area contributed by atoms with E-state index in [1.807, 2.05) is 0 Å². The zero-order chi connectivity index (χ0) is 12.8. The van der Waals surface area contributed by atoms with Gasteiger partial charge in [0.25, 0.3) is 14.7 Å². The van der Waals surface area contributed by atoms with Gasteiger partial charge in [-0.1, -0.05) is 0 Å². The molecule has 0 aliphatic carbocycles. The fraction of sp³-hybridized carbons (Fsp3) is 0.125. The van der Waals surface area contributed by atoms with Crippen LogP contribution in [0.3, 0.4) is 0 Å². The van der Waals surface area contributed by atoms with Gasteiger partial charge in [-0.25, -0.2) is 13.4 Å². The maximum absolute atomic E-state index is 11.2. The fourth-order valence-electron chi connectivity index (χ4n) is 1.40. The molecule has 0 fully saturated rings. The van der Waals surface area contributed by atoms with Gasteiger partial charge in [-0.3, -0.25) is 10.1 Å². The minimum atomic E-state index is -4.17. The highest BCUT2D eigenvalue weighted by molar-refractivity contribution is 8.13. The SMILES string of the molecule is Cc1nc2cc(S(=O)(=O)Cl)c([N+](=O)[O-])cc2s1. The molecular formula is C8H5ClN2O4S2. The molecule has 6 nitrogen and oxygen atoms in total. The first-order chi connectivity index (χ1) is 7.79. The number of aromatic nitrogens is 1. The smallest absolute Gasteiger partial charge is 0.258 e. The molecule has 90 valence electrons. The lowest BCUT2D eigenvalue weighted by Gasteiger charge is -1.98. The third kappa shape index (κ3) is 2.24. The average molecular weight is 293 g/mol. The van der Waals surface area contributed by atoms with E-state index in [0.717, 1.165) is 6.07 Å². The number of benzene rings is 1. The Bertz CT molecular complexity index is 722. The third-order valence-electron chi connectivity index (χ3n) is 2.04. The summed E-state index contributed by atoms with van der Waals surface area (Å²) in [6.45, 7) is 1.73. The van der Waals surface area contributed by atoms with E-state index in [-0.39, 0.29) is 0 Å². The lowest BCUT2D eigenvalue weighted by Crippen LogP contribution is -1.98. The second kappa shape index (κ2) is 3.90. The number of rotatable bonds is 2. The van der Waals surface area contributed by atoms with Crippen molar-refractivity contribution in [3.8, 4) is 0 Å². The Labute approximate surface area is 104 Å². The van der Waals surface area contributed by atoms with Gasteiger partial charge in [-0.15, -0.1) is 11.3 Å². The van der Waals surface area contributed by atoms with Gasteiger partial charge in [0.15, 0.2) is 4.90 Å². The van der Waals surface area contributed by atoms with E-state index < -0.39 is 24.6 Å². The molecule has 0 bridgehead atoms. The van der Waals surface area contributed by atoms with E-state index in [0.29, 0.717) is 15.2 Å². The Morgan fingerprint density at radius 1 is 1.47 bits per heavy atom. The molecule has 0 aliphatic rings. The number of hydrogen-bond donors (Lipinski definition) is 0. The van der Waals surface area contributed by atoms with Crippen LogP contribution in [0.5, 0.6) is 0 Å². The Morgan fingerprint density at radius 3 is 2.65 bits per heavy atom. The van der Waals surface area contributed by atoms with Crippen molar-refractivity contribution in [1.82, 2.24) is 4.98 Å². The molecule has 0 radical (unpaired) electrons. The molecule has 1 aromatic carbocycles. The summed E-state index contributed by atoms with van der Waals surface area (Å²) in [5.41, 5.74) is -0.145. The largest absolute Gasteiger partial charge is 0.290 e. The maximum atomic E-state index is 11.2. The second-order valence-electron chi connectivity index (χ2n) is 3.22. The molecule has 2 aromatic rings. The van der Waals surface area contributed by atoms with Crippen molar-refractivity contribution in [1.29, 1.82) is 0 Å². The predicted octanol–water partition coefficient (Wildman–Crippen LogP) is 2.44. The van der Waals surface area contributed by atoms with Crippen LogP contribution in [0.4, 0.5) is 5.69 Å². The summed E-state index contributed by atoms with van der Waals surface area (Å²) >= 11 is 1.25. The normalized spacial score (nSPS) is 11.9. The highest BCUT2D eigenvalue weighted by Gasteiger charge is 2.25. The van der Waals surface area contributed by atoms with E-state index in [9.17, 15) is 18.5 Å².